The van der Waals surface area contributed by atoms with Crippen molar-refractivity contribution >= 4 is 21.9 Å². The van der Waals surface area contributed by atoms with Crippen molar-refractivity contribution in [1.82, 2.24) is 0 Å². The summed E-state index contributed by atoms with van der Waals surface area (Å²) in [7, 11) is 1.60. The molecule has 116 valence electrons. The summed E-state index contributed by atoms with van der Waals surface area (Å²) in [6.45, 7) is 1.70. The quantitative estimate of drug-likeness (QED) is 0.835. The summed E-state index contributed by atoms with van der Waals surface area (Å²) in [5.41, 5.74) is 0.878. The predicted octanol–water partition coefficient (Wildman–Crippen LogP) is 4.04. The number of halogens is 1. The Morgan fingerprint density at radius 3 is 2.67 bits per heavy atom. The minimum absolute atomic E-state index is 0.207. The fourth-order valence-corrected chi connectivity index (χ4v) is 3.13. The smallest absolute Gasteiger partial charge is 0.306 e. The molecule has 1 N–H and O–H groups in total. The van der Waals surface area contributed by atoms with Crippen LogP contribution < -0.4 is 9.47 Å². The highest BCUT2D eigenvalue weighted by Crippen LogP contribution is 2.38. The first-order chi connectivity index (χ1) is 10.0. The molecule has 21 heavy (non-hydrogen) atoms. The number of benzene rings is 1. The van der Waals surface area contributed by atoms with Gasteiger partial charge in [-0.15, -0.1) is 0 Å². The molecule has 0 saturated heterocycles. The average molecular weight is 357 g/mol. The molecule has 0 amide bonds. The molecule has 1 saturated carbocycles. The first kappa shape index (κ1) is 16.1. The number of carboxylic acid groups (broad SMARTS) is 1. The third kappa shape index (κ3) is 4.13. The number of ether oxygens (including phenoxy) is 2. The van der Waals surface area contributed by atoms with Crippen LogP contribution in [0.1, 0.15) is 38.2 Å². The zero-order valence-electron chi connectivity index (χ0n) is 12.4. The Bertz CT molecular complexity index is 509. The maximum absolute atomic E-state index is 11.1. The van der Waals surface area contributed by atoms with Crippen molar-refractivity contribution in [3.05, 3.63) is 22.2 Å². The van der Waals surface area contributed by atoms with Crippen molar-refractivity contribution in [3.63, 3.8) is 0 Å². The Kier molecular flexibility index (Phi) is 5.51. The number of hydrogen-bond donors (Lipinski definition) is 1. The summed E-state index contributed by atoms with van der Waals surface area (Å²) in [6.07, 6.45) is 5.10. The number of carboxylic acids is 1. The Balaban J connectivity index is 2.30. The lowest BCUT2D eigenvalue weighted by molar-refractivity contribution is -0.141. The molecule has 0 heterocycles. The topological polar surface area (TPSA) is 55.8 Å². The van der Waals surface area contributed by atoms with Gasteiger partial charge in [-0.1, -0.05) is 22.9 Å². The lowest BCUT2D eigenvalue weighted by Crippen LogP contribution is -2.16. The summed E-state index contributed by atoms with van der Waals surface area (Å²) >= 11 is 3.44. The van der Waals surface area contributed by atoms with Crippen molar-refractivity contribution < 1.29 is 19.4 Å². The number of carbonyl (C=O) groups is 1. The molecule has 0 aromatic heterocycles. The molecule has 1 aromatic carbocycles. The number of aliphatic carboxylic acids is 1. The van der Waals surface area contributed by atoms with Crippen molar-refractivity contribution in [2.24, 2.45) is 5.92 Å². The Labute approximate surface area is 133 Å². The molecule has 0 bridgehead atoms. The monoisotopic (exact) mass is 356 g/mol. The van der Waals surface area contributed by atoms with Gasteiger partial charge in [-0.25, -0.2) is 0 Å². The van der Waals surface area contributed by atoms with E-state index in [1.807, 2.05) is 12.1 Å². The molecule has 1 aliphatic carbocycles. The SMILES string of the molecule is COc1cc(Br)cc(CC(C)C(=O)O)c1OC1CCCC1. The maximum Gasteiger partial charge on any atom is 0.306 e. The van der Waals surface area contributed by atoms with Gasteiger partial charge in [0, 0.05) is 4.47 Å². The van der Waals surface area contributed by atoms with E-state index in [0.717, 1.165) is 22.9 Å². The van der Waals surface area contributed by atoms with Gasteiger partial charge < -0.3 is 14.6 Å². The van der Waals surface area contributed by atoms with Crippen molar-refractivity contribution in [1.29, 1.82) is 0 Å². The summed E-state index contributed by atoms with van der Waals surface area (Å²) in [6, 6.07) is 3.78. The first-order valence-electron chi connectivity index (χ1n) is 7.27. The van der Waals surface area contributed by atoms with Gasteiger partial charge in [0.05, 0.1) is 19.1 Å². The summed E-state index contributed by atoms with van der Waals surface area (Å²) in [5, 5.41) is 9.13. The normalized spacial score (nSPS) is 16.7. The Hall–Kier alpha value is -1.23. The fraction of sp³-hybridized carbons (Fsp3) is 0.562. The third-order valence-electron chi connectivity index (χ3n) is 3.85. The molecule has 4 nitrogen and oxygen atoms in total. The van der Waals surface area contributed by atoms with Gasteiger partial charge in [0.25, 0.3) is 0 Å². The molecule has 0 radical (unpaired) electrons. The van der Waals surface area contributed by atoms with Crippen LogP contribution in [0.4, 0.5) is 0 Å². The molecule has 1 atom stereocenters. The zero-order chi connectivity index (χ0) is 15.4. The highest BCUT2D eigenvalue weighted by molar-refractivity contribution is 9.10. The van der Waals surface area contributed by atoms with Gasteiger partial charge in [-0.2, -0.15) is 0 Å². The van der Waals surface area contributed by atoms with Crippen LogP contribution in [0.2, 0.25) is 0 Å². The predicted molar refractivity (Wildman–Crippen MR) is 84.1 cm³/mol. The molecule has 0 aliphatic heterocycles. The summed E-state index contributed by atoms with van der Waals surface area (Å²) in [5.74, 6) is 0.0836. The molecule has 0 spiro atoms. The number of hydrogen-bond acceptors (Lipinski definition) is 3. The van der Waals surface area contributed by atoms with E-state index in [9.17, 15) is 4.79 Å². The highest BCUT2D eigenvalue weighted by atomic mass is 79.9. The van der Waals surface area contributed by atoms with Crippen LogP contribution >= 0.6 is 15.9 Å². The number of rotatable bonds is 6. The van der Waals surface area contributed by atoms with Crippen molar-refractivity contribution in [3.8, 4) is 11.5 Å². The van der Waals surface area contributed by atoms with Crippen LogP contribution in [0.15, 0.2) is 16.6 Å². The second-order valence-corrected chi connectivity index (χ2v) is 6.48. The largest absolute Gasteiger partial charge is 0.493 e. The third-order valence-corrected chi connectivity index (χ3v) is 4.31. The second kappa shape index (κ2) is 7.16. The van der Waals surface area contributed by atoms with Gasteiger partial charge in [-0.05, 0) is 49.8 Å². The fourth-order valence-electron chi connectivity index (χ4n) is 2.65. The Morgan fingerprint density at radius 1 is 1.43 bits per heavy atom. The van der Waals surface area contributed by atoms with Crippen LogP contribution in [-0.4, -0.2) is 24.3 Å². The van der Waals surface area contributed by atoms with E-state index in [4.69, 9.17) is 14.6 Å². The summed E-state index contributed by atoms with van der Waals surface area (Å²) in [4.78, 5) is 11.1. The first-order valence-corrected chi connectivity index (χ1v) is 8.06. The molecule has 1 aromatic rings. The Morgan fingerprint density at radius 2 is 2.10 bits per heavy atom. The van der Waals surface area contributed by atoms with Gasteiger partial charge in [0.15, 0.2) is 11.5 Å². The minimum Gasteiger partial charge on any atom is -0.493 e. The lowest BCUT2D eigenvalue weighted by Gasteiger charge is -2.20. The summed E-state index contributed by atoms with van der Waals surface area (Å²) < 4.78 is 12.4. The minimum atomic E-state index is -0.805. The van der Waals surface area contributed by atoms with Crippen LogP contribution in [0.3, 0.4) is 0 Å². The van der Waals surface area contributed by atoms with Gasteiger partial charge in [0.2, 0.25) is 0 Å². The van der Waals surface area contributed by atoms with Crippen LogP contribution in [-0.2, 0) is 11.2 Å². The van der Waals surface area contributed by atoms with Gasteiger partial charge in [-0.3, -0.25) is 4.79 Å². The molecule has 1 aliphatic rings. The highest BCUT2D eigenvalue weighted by Gasteiger charge is 2.23. The van der Waals surface area contributed by atoms with E-state index in [-0.39, 0.29) is 6.10 Å². The molecule has 2 rings (SSSR count). The standard InChI is InChI=1S/C16H21BrO4/c1-10(16(18)19)7-11-8-12(17)9-14(20-2)15(11)21-13-5-3-4-6-13/h8-10,13H,3-7H2,1-2H3,(H,18,19). The molecule has 1 unspecified atom stereocenters. The van der Waals surface area contributed by atoms with Crippen molar-refractivity contribution in [2.75, 3.05) is 7.11 Å². The van der Waals surface area contributed by atoms with E-state index in [2.05, 4.69) is 15.9 Å². The maximum atomic E-state index is 11.1. The number of methoxy groups -OCH3 is 1. The van der Waals surface area contributed by atoms with Crippen LogP contribution in [0, 0.1) is 5.92 Å². The zero-order valence-corrected chi connectivity index (χ0v) is 14.0. The molecular weight excluding hydrogens is 336 g/mol. The van der Waals surface area contributed by atoms with E-state index < -0.39 is 11.9 Å². The van der Waals surface area contributed by atoms with Crippen LogP contribution in [0.5, 0.6) is 11.5 Å². The average Bonchev–Trinajstić information content (AvgIpc) is 2.94. The molecular formula is C16H21BrO4. The van der Waals surface area contributed by atoms with E-state index in [1.165, 1.54) is 12.8 Å². The molecule has 1 fully saturated rings. The van der Waals surface area contributed by atoms with Crippen LogP contribution in [0.25, 0.3) is 0 Å². The lowest BCUT2D eigenvalue weighted by atomic mass is 10.00. The van der Waals surface area contributed by atoms with Gasteiger partial charge >= 0.3 is 5.97 Å². The molecule has 5 heteroatoms. The van der Waals surface area contributed by atoms with E-state index >= 15 is 0 Å². The second-order valence-electron chi connectivity index (χ2n) is 5.56. The van der Waals surface area contributed by atoms with E-state index in [1.54, 1.807) is 14.0 Å². The van der Waals surface area contributed by atoms with Gasteiger partial charge in [0.1, 0.15) is 0 Å². The van der Waals surface area contributed by atoms with Crippen molar-refractivity contribution in [2.45, 2.75) is 45.1 Å². The van der Waals surface area contributed by atoms with E-state index in [0.29, 0.717) is 17.9 Å².